The standard InChI is InChI=1S/C29H32BrN3O5S/c1-19(31-17-28(34)22-7-5-8-24(30)15-22)12-20-10-11-26-23(13-20)16-27(29(35)36)33(26)18-21-6-4-9-25(14-21)39(37,38)32(2)3/h4-11,13-16,19,28,31,34H,12,17-18H2,1-3H3,(H,35,36). The van der Waals surface area contributed by atoms with Crippen molar-refractivity contribution in [2.45, 2.75) is 36.9 Å². The Kier molecular flexibility index (Phi) is 8.93. The topological polar surface area (TPSA) is 112 Å². The maximum absolute atomic E-state index is 12.6. The van der Waals surface area contributed by atoms with Crippen LogP contribution in [0.4, 0.5) is 0 Å². The van der Waals surface area contributed by atoms with Crippen molar-refractivity contribution in [3.8, 4) is 0 Å². The molecule has 8 nitrogen and oxygen atoms in total. The van der Waals surface area contributed by atoms with Crippen LogP contribution in [0.3, 0.4) is 0 Å². The molecule has 39 heavy (non-hydrogen) atoms. The summed E-state index contributed by atoms with van der Waals surface area (Å²) in [6, 6.07) is 21.7. The number of nitrogens with zero attached hydrogens (tertiary/aromatic N) is 2. The zero-order valence-electron chi connectivity index (χ0n) is 22.0. The maximum atomic E-state index is 12.6. The Balaban J connectivity index is 1.52. The number of carboxylic acids is 1. The summed E-state index contributed by atoms with van der Waals surface area (Å²) < 4.78 is 28.9. The minimum absolute atomic E-state index is 0.0756. The molecule has 0 aliphatic rings. The van der Waals surface area contributed by atoms with Crippen LogP contribution in [0, 0.1) is 0 Å². The number of benzene rings is 3. The van der Waals surface area contributed by atoms with E-state index in [1.165, 1.54) is 20.2 Å². The van der Waals surface area contributed by atoms with E-state index in [2.05, 4.69) is 21.2 Å². The average Bonchev–Trinajstić information content (AvgIpc) is 3.25. The molecule has 2 unspecified atom stereocenters. The molecule has 3 aromatic carbocycles. The fourth-order valence-corrected chi connectivity index (χ4v) is 5.95. The van der Waals surface area contributed by atoms with Gasteiger partial charge < -0.3 is 20.1 Å². The van der Waals surface area contributed by atoms with E-state index < -0.39 is 22.1 Å². The van der Waals surface area contributed by atoms with Crippen molar-refractivity contribution in [2.24, 2.45) is 0 Å². The lowest BCUT2D eigenvalue weighted by Gasteiger charge is -2.18. The number of hydrogen-bond donors (Lipinski definition) is 3. The first-order valence-corrected chi connectivity index (χ1v) is 14.7. The summed E-state index contributed by atoms with van der Waals surface area (Å²) in [5.41, 5.74) is 3.43. The van der Waals surface area contributed by atoms with Crippen molar-refractivity contribution in [3.05, 3.63) is 99.7 Å². The minimum atomic E-state index is -3.61. The summed E-state index contributed by atoms with van der Waals surface area (Å²) in [7, 11) is -0.659. The zero-order chi connectivity index (χ0) is 28.3. The second-order valence-electron chi connectivity index (χ2n) is 9.83. The number of fused-ring (bicyclic) bond motifs is 1. The van der Waals surface area contributed by atoms with Crippen molar-refractivity contribution in [3.63, 3.8) is 0 Å². The fraction of sp³-hybridized carbons (Fsp3) is 0.276. The first-order chi connectivity index (χ1) is 18.5. The van der Waals surface area contributed by atoms with Gasteiger partial charge in [-0.25, -0.2) is 17.5 Å². The van der Waals surface area contributed by atoms with E-state index in [1.807, 2.05) is 49.4 Å². The lowest BCUT2D eigenvalue weighted by atomic mass is 10.0. The predicted molar refractivity (Wildman–Crippen MR) is 156 cm³/mol. The van der Waals surface area contributed by atoms with Crippen molar-refractivity contribution < 1.29 is 23.4 Å². The normalized spacial score (nSPS) is 13.6. The molecule has 2 atom stereocenters. The molecule has 0 amide bonds. The molecule has 0 saturated heterocycles. The van der Waals surface area contributed by atoms with Crippen LogP contribution < -0.4 is 5.32 Å². The number of rotatable bonds is 11. The third kappa shape index (κ3) is 6.77. The molecule has 4 aromatic rings. The van der Waals surface area contributed by atoms with Crippen LogP contribution in [-0.4, -0.2) is 60.2 Å². The van der Waals surface area contributed by atoms with Crippen LogP contribution in [0.15, 0.2) is 82.2 Å². The molecule has 4 rings (SSSR count). The van der Waals surface area contributed by atoms with Gasteiger partial charge in [0, 0.05) is 48.6 Å². The molecule has 0 spiro atoms. The number of carboxylic acid groups (broad SMARTS) is 1. The van der Waals surface area contributed by atoms with Gasteiger partial charge in [0.25, 0.3) is 0 Å². The smallest absolute Gasteiger partial charge is 0.352 e. The SMILES string of the molecule is CC(Cc1ccc2c(c1)cc(C(=O)O)n2Cc1cccc(S(=O)(=O)N(C)C)c1)NCC(O)c1cccc(Br)c1. The number of hydrogen-bond acceptors (Lipinski definition) is 5. The molecule has 0 bridgehead atoms. The summed E-state index contributed by atoms with van der Waals surface area (Å²) >= 11 is 3.43. The van der Waals surface area contributed by atoms with E-state index in [1.54, 1.807) is 28.8 Å². The summed E-state index contributed by atoms with van der Waals surface area (Å²) in [5, 5.41) is 24.6. The van der Waals surface area contributed by atoms with E-state index in [-0.39, 0.29) is 23.2 Å². The number of halogens is 1. The van der Waals surface area contributed by atoms with E-state index in [0.717, 1.165) is 30.8 Å². The molecule has 0 radical (unpaired) electrons. The maximum Gasteiger partial charge on any atom is 0.352 e. The first-order valence-electron chi connectivity index (χ1n) is 12.5. The van der Waals surface area contributed by atoms with Crippen LogP contribution in [0.2, 0.25) is 0 Å². The molecule has 0 aliphatic carbocycles. The highest BCUT2D eigenvalue weighted by Gasteiger charge is 2.19. The van der Waals surface area contributed by atoms with Gasteiger partial charge in [-0.05, 0) is 72.5 Å². The van der Waals surface area contributed by atoms with E-state index >= 15 is 0 Å². The Bertz CT molecular complexity index is 1600. The number of aliphatic hydroxyl groups is 1. The van der Waals surface area contributed by atoms with Gasteiger partial charge in [0.1, 0.15) is 5.69 Å². The molecule has 3 N–H and O–H groups in total. The molecular formula is C29H32BrN3O5S. The van der Waals surface area contributed by atoms with E-state index in [4.69, 9.17) is 0 Å². The van der Waals surface area contributed by atoms with Crippen molar-refractivity contribution in [1.82, 2.24) is 14.2 Å². The molecule has 206 valence electrons. The summed E-state index contributed by atoms with van der Waals surface area (Å²) in [6.07, 6.45) is 0.0601. The highest BCUT2D eigenvalue weighted by atomic mass is 79.9. The third-order valence-corrected chi connectivity index (χ3v) is 8.94. The Labute approximate surface area is 237 Å². The lowest BCUT2D eigenvalue weighted by Crippen LogP contribution is -2.32. The first kappa shape index (κ1) is 29.0. The molecule has 0 saturated carbocycles. The third-order valence-electron chi connectivity index (χ3n) is 6.64. The van der Waals surface area contributed by atoms with Crippen LogP contribution >= 0.6 is 15.9 Å². The largest absolute Gasteiger partial charge is 0.477 e. The van der Waals surface area contributed by atoms with Gasteiger partial charge in [-0.1, -0.05) is 46.3 Å². The highest BCUT2D eigenvalue weighted by Crippen LogP contribution is 2.25. The van der Waals surface area contributed by atoms with Gasteiger partial charge in [0.2, 0.25) is 10.0 Å². The second kappa shape index (κ2) is 12.0. The predicted octanol–water partition coefficient (Wildman–Crippen LogP) is 4.65. The van der Waals surface area contributed by atoms with Gasteiger partial charge in [-0.3, -0.25) is 0 Å². The van der Waals surface area contributed by atoms with Crippen LogP contribution in [0.25, 0.3) is 10.9 Å². The highest BCUT2D eigenvalue weighted by molar-refractivity contribution is 9.10. The molecule has 1 heterocycles. The fourth-order valence-electron chi connectivity index (χ4n) is 4.56. The number of sulfonamides is 1. The molecule has 0 fully saturated rings. The average molecular weight is 615 g/mol. The van der Waals surface area contributed by atoms with Crippen molar-refractivity contribution >= 4 is 42.8 Å². The van der Waals surface area contributed by atoms with Crippen LogP contribution in [-0.2, 0) is 23.0 Å². The van der Waals surface area contributed by atoms with Gasteiger partial charge in [0.05, 0.1) is 11.0 Å². The van der Waals surface area contributed by atoms with Gasteiger partial charge in [0.15, 0.2) is 0 Å². The Morgan fingerprint density at radius 1 is 1.03 bits per heavy atom. The number of nitrogens with one attached hydrogen (secondary N) is 1. The Hall–Kier alpha value is -3.02. The van der Waals surface area contributed by atoms with Crippen LogP contribution in [0.5, 0.6) is 0 Å². The van der Waals surface area contributed by atoms with Gasteiger partial charge >= 0.3 is 5.97 Å². The van der Waals surface area contributed by atoms with Gasteiger partial charge in [-0.15, -0.1) is 0 Å². The quantitative estimate of drug-likeness (QED) is 0.227. The number of aliphatic hydroxyl groups excluding tert-OH is 1. The van der Waals surface area contributed by atoms with Gasteiger partial charge in [-0.2, -0.15) is 0 Å². The monoisotopic (exact) mass is 613 g/mol. The summed E-state index contributed by atoms with van der Waals surface area (Å²) in [6.45, 7) is 2.66. The Morgan fingerprint density at radius 2 is 1.77 bits per heavy atom. The zero-order valence-corrected chi connectivity index (χ0v) is 24.4. The van der Waals surface area contributed by atoms with Crippen LogP contribution in [0.1, 0.15) is 40.2 Å². The summed E-state index contributed by atoms with van der Waals surface area (Å²) in [4.78, 5) is 12.2. The van der Waals surface area contributed by atoms with Crippen molar-refractivity contribution in [1.29, 1.82) is 0 Å². The summed E-state index contributed by atoms with van der Waals surface area (Å²) in [5.74, 6) is -1.05. The van der Waals surface area contributed by atoms with Crippen molar-refractivity contribution in [2.75, 3.05) is 20.6 Å². The molecule has 1 aromatic heterocycles. The van der Waals surface area contributed by atoms with E-state index in [0.29, 0.717) is 18.5 Å². The minimum Gasteiger partial charge on any atom is -0.477 e. The molecule has 10 heteroatoms. The Morgan fingerprint density at radius 3 is 2.46 bits per heavy atom. The number of aromatic nitrogens is 1. The number of aromatic carboxylic acids is 1. The van der Waals surface area contributed by atoms with E-state index in [9.17, 15) is 23.4 Å². The molecule has 0 aliphatic heterocycles. The lowest BCUT2D eigenvalue weighted by molar-refractivity contribution is 0.0686. The number of carbonyl (C=O) groups is 1. The molecular weight excluding hydrogens is 582 g/mol. The second-order valence-corrected chi connectivity index (χ2v) is 12.9.